The van der Waals surface area contributed by atoms with Gasteiger partial charge in [-0.3, -0.25) is 4.79 Å². The molecule has 0 aliphatic carbocycles. The molecule has 0 saturated heterocycles. The van der Waals surface area contributed by atoms with Gasteiger partial charge in [-0.1, -0.05) is 26.3 Å². The summed E-state index contributed by atoms with van der Waals surface area (Å²) in [4.78, 5) is 15.2. The van der Waals surface area contributed by atoms with Gasteiger partial charge in [0.05, 0.1) is 0 Å². The van der Waals surface area contributed by atoms with E-state index in [1.807, 2.05) is 25.3 Å². The molecule has 0 aliphatic rings. The highest BCUT2D eigenvalue weighted by Crippen LogP contribution is 2.07. The van der Waals surface area contributed by atoms with E-state index in [0.717, 1.165) is 12.8 Å². The largest absolute Gasteiger partial charge is 0.311 e. The first-order valence-electron chi connectivity index (χ1n) is 5.01. The van der Waals surface area contributed by atoms with Crippen molar-refractivity contribution < 1.29 is 4.79 Å². The quantitative estimate of drug-likeness (QED) is 0.795. The summed E-state index contributed by atoms with van der Waals surface area (Å²) in [6.07, 6.45) is 4.45. The molecular formula is C11H16N2O. The van der Waals surface area contributed by atoms with Crippen LogP contribution in [0, 0.1) is 0 Å². The predicted molar refractivity (Wildman–Crippen MR) is 57.2 cm³/mol. The Morgan fingerprint density at radius 3 is 2.71 bits per heavy atom. The molecule has 0 aliphatic heterocycles. The van der Waals surface area contributed by atoms with Gasteiger partial charge in [0.2, 0.25) is 5.91 Å². The van der Waals surface area contributed by atoms with Gasteiger partial charge in [-0.25, -0.2) is 4.98 Å². The summed E-state index contributed by atoms with van der Waals surface area (Å²) in [5, 5.41) is 2.71. The number of pyridine rings is 1. The summed E-state index contributed by atoms with van der Waals surface area (Å²) in [5.41, 5.74) is 1.21. The normalized spacial score (nSPS) is 9.86. The number of amides is 1. The van der Waals surface area contributed by atoms with Crippen molar-refractivity contribution in [1.29, 1.82) is 0 Å². The zero-order valence-corrected chi connectivity index (χ0v) is 8.71. The maximum atomic E-state index is 11.0. The molecule has 1 N–H and O–H groups in total. The van der Waals surface area contributed by atoms with Crippen LogP contribution in [0.1, 0.15) is 32.3 Å². The molecule has 1 aromatic heterocycles. The molecule has 0 aromatic carbocycles. The highest BCUT2D eigenvalue weighted by Gasteiger charge is 1.99. The van der Waals surface area contributed by atoms with Crippen LogP contribution in [0.25, 0.3) is 0 Å². The van der Waals surface area contributed by atoms with Crippen molar-refractivity contribution in [1.82, 2.24) is 4.98 Å². The van der Waals surface area contributed by atoms with Crippen molar-refractivity contribution in [2.75, 3.05) is 5.32 Å². The third-order valence-electron chi connectivity index (χ3n) is 1.95. The van der Waals surface area contributed by atoms with E-state index >= 15 is 0 Å². The number of carbonyl (C=O) groups is 1. The van der Waals surface area contributed by atoms with Gasteiger partial charge in [0.1, 0.15) is 5.82 Å². The Labute approximate surface area is 84.6 Å². The Bertz CT molecular complexity index is 293. The van der Waals surface area contributed by atoms with E-state index < -0.39 is 0 Å². The van der Waals surface area contributed by atoms with Gasteiger partial charge in [-0.15, -0.1) is 0 Å². The Morgan fingerprint density at radius 1 is 1.43 bits per heavy atom. The van der Waals surface area contributed by atoms with Crippen LogP contribution in [0.15, 0.2) is 18.3 Å². The summed E-state index contributed by atoms with van der Waals surface area (Å²) in [7, 11) is 0. The van der Waals surface area contributed by atoms with Crippen molar-refractivity contribution in [2.45, 2.75) is 33.1 Å². The maximum absolute atomic E-state index is 11.0. The minimum atomic E-state index is 0.000687. The SMILES string of the molecule is CCCc1ccc(NC(=O)CC)nc1. The van der Waals surface area contributed by atoms with Crippen LogP contribution in [-0.4, -0.2) is 10.9 Å². The first-order chi connectivity index (χ1) is 6.76. The fraction of sp³-hybridized carbons (Fsp3) is 0.455. The number of anilines is 1. The standard InChI is InChI=1S/C11H16N2O/c1-3-5-9-6-7-10(12-8-9)13-11(14)4-2/h6-8H,3-5H2,1-2H3,(H,12,13,14). The molecular weight excluding hydrogens is 176 g/mol. The lowest BCUT2D eigenvalue weighted by Gasteiger charge is -2.03. The monoisotopic (exact) mass is 192 g/mol. The predicted octanol–water partition coefficient (Wildman–Crippen LogP) is 2.38. The van der Waals surface area contributed by atoms with Gasteiger partial charge in [-0.05, 0) is 18.1 Å². The number of carbonyl (C=O) groups excluding carboxylic acids is 1. The van der Waals surface area contributed by atoms with Gasteiger partial charge >= 0.3 is 0 Å². The first-order valence-corrected chi connectivity index (χ1v) is 5.01. The molecule has 1 amide bonds. The number of nitrogens with one attached hydrogen (secondary N) is 1. The minimum Gasteiger partial charge on any atom is -0.311 e. The van der Waals surface area contributed by atoms with Crippen LogP contribution in [0.2, 0.25) is 0 Å². The molecule has 0 fully saturated rings. The Morgan fingerprint density at radius 2 is 2.21 bits per heavy atom. The van der Waals surface area contributed by atoms with Crippen LogP contribution < -0.4 is 5.32 Å². The van der Waals surface area contributed by atoms with Crippen molar-refractivity contribution in [2.24, 2.45) is 0 Å². The maximum Gasteiger partial charge on any atom is 0.225 e. The molecule has 0 bridgehead atoms. The van der Waals surface area contributed by atoms with E-state index in [-0.39, 0.29) is 5.91 Å². The van der Waals surface area contributed by atoms with Gasteiger partial charge in [0, 0.05) is 12.6 Å². The third kappa shape index (κ3) is 3.17. The zero-order valence-electron chi connectivity index (χ0n) is 8.71. The summed E-state index contributed by atoms with van der Waals surface area (Å²) < 4.78 is 0. The lowest BCUT2D eigenvalue weighted by atomic mass is 10.2. The van der Waals surface area contributed by atoms with E-state index in [0.29, 0.717) is 12.2 Å². The van der Waals surface area contributed by atoms with E-state index in [1.165, 1.54) is 5.56 Å². The highest BCUT2D eigenvalue weighted by molar-refractivity contribution is 5.89. The van der Waals surface area contributed by atoms with Crippen LogP contribution in [0.4, 0.5) is 5.82 Å². The minimum absolute atomic E-state index is 0.000687. The average Bonchev–Trinajstić information content (AvgIpc) is 2.21. The third-order valence-corrected chi connectivity index (χ3v) is 1.95. The summed E-state index contributed by atoms with van der Waals surface area (Å²) in [6.45, 7) is 3.95. The van der Waals surface area contributed by atoms with Crippen molar-refractivity contribution in [3.8, 4) is 0 Å². The average molecular weight is 192 g/mol. The summed E-state index contributed by atoms with van der Waals surface area (Å²) in [5.74, 6) is 0.637. The molecule has 1 heterocycles. The summed E-state index contributed by atoms with van der Waals surface area (Å²) >= 11 is 0. The Balaban J connectivity index is 2.59. The molecule has 1 aromatic rings. The number of hydrogen-bond acceptors (Lipinski definition) is 2. The van der Waals surface area contributed by atoms with Crippen LogP contribution in [-0.2, 0) is 11.2 Å². The number of nitrogens with zero attached hydrogens (tertiary/aromatic N) is 1. The van der Waals surface area contributed by atoms with Crippen molar-refractivity contribution in [3.63, 3.8) is 0 Å². The molecule has 14 heavy (non-hydrogen) atoms. The Kier molecular flexibility index (Phi) is 4.11. The first kappa shape index (κ1) is 10.7. The fourth-order valence-electron chi connectivity index (χ4n) is 1.17. The molecule has 0 unspecified atom stereocenters. The van der Waals surface area contributed by atoms with Gasteiger partial charge in [-0.2, -0.15) is 0 Å². The summed E-state index contributed by atoms with van der Waals surface area (Å²) in [6, 6.07) is 3.85. The molecule has 3 heteroatoms. The zero-order chi connectivity index (χ0) is 10.4. The van der Waals surface area contributed by atoms with Crippen molar-refractivity contribution >= 4 is 11.7 Å². The number of aryl methyl sites for hydroxylation is 1. The van der Waals surface area contributed by atoms with Crippen LogP contribution in [0.5, 0.6) is 0 Å². The van der Waals surface area contributed by atoms with E-state index in [2.05, 4.69) is 17.2 Å². The second-order valence-electron chi connectivity index (χ2n) is 3.20. The van der Waals surface area contributed by atoms with Crippen LogP contribution >= 0.6 is 0 Å². The van der Waals surface area contributed by atoms with E-state index in [9.17, 15) is 4.79 Å². The fourth-order valence-corrected chi connectivity index (χ4v) is 1.17. The number of aromatic nitrogens is 1. The molecule has 0 spiro atoms. The van der Waals surface area contributed by atoms with Gasteiger partial charge in [0.25, 0.3) is 0 Å². The number of hydrogen-bond donors (Lipinski definition) is 1. The Hall–Kier alpha value is -1.38. The lowest BCUT2D eigenvalue weighted by Crippen LogP contribution is -2.10. The molecule has 1 rings (SSSR count). The number of rotatable bonds is 4. The molecule has 0 atom stereocenters. The molecule has 0 radical (unpaired) electrons. The van der Waals surface area contributed by atoms with Crippen LogP contribution in [0.3, 0.4) is 0 Å². The smallest absolute Gasteiger partial charge is 0.225 e. The lowest BCUT2D eigenvalue weighted by molar-refractivity contribution is -0.115. The molecule has 0 saturated carbocycles. The van der Waals surface area contributed by atoms with E-state index in [4.69, 9.17) is 0 Å². The van der Waals surface area contributed by atoms with E-state index in [1.54, 1.807) is 0 Å². The second-order valence-corrected chi connectivity index (χ2v) is 3.20. The molecule has 3 nitrogen and oxygen atoms in total. The molecule has 76 valence electrons. The van der Waals surface area contributed by atoms with Gasteiger partial charge < -0.3 is 5.32 Å². The van der Waals surface area contributed by atoms with Crippen molar-refractivity contribution in [3.05, 3.63) is 23.9 Å². The topological polar surface area (TPSA) is 42.0 Å². The van der Waals surface area contributed by atoms with Gasteiger partial charge in [0.15, 0.2) is 0 Å². The highest BCUT2D eigenvalue weighted by atomic mass is 16.1. The second kappa shape index (κ2) is 5.37.